The maximum absolute atomic E-state index is 12.6. The lowest BCUT2D eigenvalue weighted by molar-refractivity contribution is -0.384. The Balaban J connectivity index is 1.74. The summed E-state index contributed by atoms with van der Waals surface area (Å²) in [5.74, 6) is -0.00887. The molecule has 0 aromatic heterocycles. The predicted molar refractivity (Wildman–Crippen MR) is 113 cm³/mol. The van der Waals surface area contributed by atoms with E-state index in [-0.39, 0.29) is 39.4 Å². The number of rotatable bonds is 6. The third-order valence-corrected chi connectivity index (χ3v) is 5.74. The molecule has 1 aliphatic rings. The van der Waals surface area contributed by atoms with Crippen LogP contribution in [0.1, 0.15) is 5.56 Å². The van der Waals surface area contributed by atoms with Crippen LogP contribution in [0, 0.1) is 10.1 Å². The Morgan fingerprint density at radius 1 is 1.10 bits per heavy atom. The van der Waals surface area contributed by atoms with E-state index >= 15 is 0 Å². The molecule has 1 heterocycles. The van der Waals surface area contributed by atoms with Crippen LogP contribution >= 0.6 is 46.6 Å². The fourth-order valence-corrected chi connectivity index (χ4v) is 3.96. The average Bonchev–Trinajstić information content (AvgIpc) is 2.93. The zero-order valence-electron chi connectivity index (χ0n) is 14.4. The third kappa shape index (κ3) is 4.84. The van der Waals surface area contributed by atoms with Crippen LogP contribution in [0.15, 0.2) is 41.3 Å². The largest absolute Gasteiger partial charge is 0.492 e. The van der Waals surface area contributed by atoms with E-state index in [9.17, 15) is 19.7 Å². The topological polar surface area (TPSA) is 89.8 Å². The van der Waals surface area contributed by atoms with E-state index in [1.54, 1.807) is 24.3 Å². The number of amides is 2. The van der Waals surface area contributed by atoms with Crippen LogP contribution in [-0.4, -0.2) is 34.1 Å². The highest BCUT2D eigenvalue weighted by atomic mass is 35.5. The summed E-state index contributed by atoms with van der Waals surface area (Å²) < 4.78 is 5.50. The molecule has 0 atom stereocenters. The van der Waals surface area contributed by atoms with Gasteiger partial charge in [-0.3, -0.25) is 24.6 Å². The van der Waals surface area contributed by atoms with Gasteiger partial charge in [0.2, 0.25) is 0 Å². The minimum atomic E-state index is -0.657. The lowest BCUT2D eigenvalue weighted by Gasteiger charge is -2.13. The molecule has 2 amide bonds. The number of carbonyl (C=O) groups is 2. The van der Waals surface area contributed by atoms with Crippen molar-refractivity contribution in [2.75, 3.05) is 13.2 Å². The number of hydrogen-bond donors (Lipinski definition) is 0. The first-order valence-electron chi connectivity index (χ1n) is 8.04. The van der Waals surface area contributed by atoms with Gasteiger partial charge in [0.25, 0.3) is 16.8 Å². The first kappa shape index (κ1) is 21.4. The first-order chi connectivity index (χ1) is 13.8. The highest BCUT2D eigenvalue weighted by Crippen LogP contribution is 2.38. The summed E-state index contributed by atoms with van der Waals surface area (Å²) in [6.07, 6.45) is 1.28. The fraction of sp³-hybridized carbons (Fsp3) is 0.111. The number of hydrogen-bond acceptors (Lipinski definition) is 6. The van der Waals surface area contributed by atoms with Crippen molar-refractivity contribution in [1.82, 2.24) is 4.90 Å². The monoisotopic (exact) mass is 472 g/mol. The molecule has 2 aromatic carbocycles. The van der Waals surface area contributed by atoms with Crippen molar-refractivity contribution in [1.29, 1.82) is 0 Å². The molecule has 0 bridgehead atoms. The molecule has 0 spiro atoms. The molecule has 0 aliphatic carbocycles. The summed E-state index contributed by atoms with van der Waals surface area (Å²) in [6.45, 7) is 0.117. The predicted octanol–water partition coefficient (Wildman–Crippen LogP) is 5.67. The molecule has 1 fully saturated rings. The van der Waals surface area contributed by atoms with Crippen molar-refractivity contribution in [3.05, 3.63) is 72.0 Å². The summed E-state index contributed by atoms with van der Waals surface area (Å²) >= 11 is 18.6. The standard InChI is InChI=1S/C18H11Cl3N2O5S/c19-10-1-3-11(4-2-10)28-8-7-22-17(24)15(29-18(22)25)9-12-13(20)5-6-14(16(12)21)23(26)27/h1-6,9H,7-8H2/b15-9-. The number of nitro benzene ring substituents is 1. The molecule has 0 N–H and O–H groups in total. The van der Waals surface area contributed by atoms with Crippen molar-refractivity contribution in [2.45, 2.75) is 0 Å². The molecule has 1 aliphatic heterocycles. The molecule has 2 aromatic rings. The first-order valence-corrected chi connectivity index (χ1v) is 9.99. The van der Waals surface area contributed by atoms with Gasteiger partial charge in [-0.25, -0.2) is 0 Å². The number of nitrogens with zero attached hydrogens (tertiary/aromatic N) is 2. The van der Waals surface area contributed by atoms with E-state index < -0.39 is 16.1 Å². The Bertz CT molecular complexity index is 1030. The van der Waals surface area contributed by atoms with E-state index in [0.717, 1.165) is 4.90 Å². The highest BCUT2D eigenvalue weighted by molar-refractivity contribution is 8.18. The van der Waals surface area contributed by atoms with Gasteiger partial charge in [0, 0.05) is 21.7 Å². The Hall–Kier alpha value is -2.26. The van der Waals surface area contributed by atoms with Crippen LogP contribution in [0.2, 0.25) is 15.1 Å². The Kier molecular flexibility index (Phi) is 6.69. The fourth-order valence-electron chi connectivity index (χ4n) is 2.44. The lowest BCUT2D eigenvalue weighted by Crippen LogP contribution is -2.32. The number of carbonyl (C=O) groups excluding carboxylic acids is 2. The molecule has 0 unspecified atom stereocenters. The number of benzene rings is 2. The maximum atomic E-state index is 12.6. The molecule has 1 saturated heterocycles. The van der Waals surface area contributed by atoms with Crippen LogP contribution in [0.5, 0.6) is 5.75 Å². The summed E-state index contributed by atoms with van der Waals surface area (Å²) in [5.41, 5.74) is -0.247. The van der Waals surface area contributed by atoms with Gasteiger partial charge in [0.1, 0.15) is 17.4 Å². The molecular formula is C18H11Cl3N2O5S. The van der Waals surface area contributed by atoms with E-state index in [2.05, 4.69) is 0 Å². The Morgan fingerprint density at radius 3 is 2.45 bits per heavy atom. The number of imide groups is 1. The number of thioether (sulfide) groups is 1. The minimum Gasteiger partial charge on any atom is -0.492 e. The molecule has 0 saturated carbocycles. The molecule has 29 heavy (non-hydrogen) atoms. The van der Waals surface area contributed by atoms with Crippen molar-refractivity contribution in [2.24, 2.45) is 0 Å². The molecular weight excluding hydrogens is 463 g/mol. The molecule has 7 nitrogen and oxygen atoms in total. The van der Waals surface area contributed by atoms with Crippen molar-refractivity contribution >= 4 is 69.5 Å². The average molecular weight is 474 g/mol. The summed E-state index contributed by atoms with van der Waals surface area (Å²) in [5, 5.41) is 11.0. The van der Waals surface area contributed by atoms with Gasteiger partial charge < -0.3 is 4.74 Å². The smallest absolute Gasteiger partial charge is 0.293 e. The Morgan fingerprint density at radius 2 is 1.79 bits per heavy atom. The second kappa shape index (κ2) is 9.04. The zero-order valence-corrected chi connectivity index (χ0v) is 17.5. The van der Waals surface area contributed by atoms with Crippen LogP contribution in [0.4, 0.5) is 10.5 Å². The quantitative estimate of drug-likeness (QED) is 0.305. The van der Waals surface area contributed by atoms with Crippen molar-refractivity contribution in [3.63, 3.8) is 0 Å². The van der Waals surface area contributed by atoms with E-state index in [0.29, 0.717) is 22.5 Å². The molecule has 0 radical (unpaired) electrons. The van der Waals surface area contributed by atoms with E-state index in [1.165, 1.54) is 18.2 Å². The third-order valence-electron chi connectivity index (χ3n) is 3.85. The van der Waals surface area contributed by atoms with Gasteiger partial charge in [0.15, 0.2) is 0 Å². The second-order valence-electron chi connectivity index (χ2n) is 5.69. The van der Waals surface area contributed by atoms with Crippen LogP contribution in [-0.2, 0) is 4.79 Å². The molecule has 11 heteroatoms. The van der Waals surface area contributed by atoms with Crippen LogP contribution in [0.3, 0.4) is 0 Å². The summed E-state index contributed by atoms with van der Waals surface area (Å²) in [6, 6.07) is 9.13. The minimum absolute atomic E-state index is 0.0288. The summed E-state index contributed by atoms with van der Waals surface area (Å²) in [4.78, 5) is 36.2. The van der Waals surface area contributed by atoms with Crippen molar-refractivity contribution < 1.29 is 19.2 Å². The van der Waals surface area contributed by atoms with Gasteiger partial charge in [-0.05, 0) is 48.2 Å². The number of ether oxygens (including phenoxy) is 1. The van der Waals surface area contributed by atoms with Gasteiger partial charge in [0.05, 0.1) is 16.4 Å². The normalized spacial score (nSPS) is 15.3. The van der Waals surface area contributed by atoms with Gasteiger partial charge in [-0.1, -0.05) is 34.8 Å². The van der Waals surface area contributed by atoms with E-state index in [1.807, 2.05) is 0 Å². The van der Waals surface area contributed by atoms with Gasteiger partial charge in [-0.15, -0.1) is 0 Å². The zero-order chi connectivity index (χ0) is 21.1. The van der Waals surface area contributed by atoms with Crippen LogP contribution in [0.25, 0.3) is 6.08 Å². The Labute approximate surface area is 184 Å². The number of nitro groups is 1. The molecule has 150 valence electrons. The van der Waals surface area contributed by atoms with Crippen molar-refractivity contribution in [3.8, 4) is 5.75 Å². The van der Waals surface area contributed by atoms with Gasteiger partial charge >= 0.3 is 0 Å². The summed E-state index contributed by atoms with van der Waals surface area (Å²) in [7, 11) is 0. The maximum Gasteiger partial charge on any atom is 0.293 e. The molecule has 3 rings (SSSR count). The highest BCUT2D eigenvalue weighted by Gasteiger charge is 2.35. The van der Waals surface area contributed by atoms with Gasteiger partial charge in [-0.2, -0.15) is 0 Å². The SMILES string of the molecule is O=C1S/C(=C\c2c(Cl)ccc([N+](=O)[O-])c2Cl)C(=O)N1CCOc1ccc(Cl)cc1. The van der Waals surface area contributed by atoms with E-state index in [4.69, 9.17) is 39.5 Å². The number of halogens is 3. The second-order valence-corrected chi connectivity index (χ2v) is 7.90. The van der Waals surface area contributed by atoms with Crippen LogP contribution < -0.4 is 4.74 Å². The lowest BCUT2D eigenvalue weighted by atomic mass is 10.1.